The summed E-state index contributed by atoms with van der Waals surface area (Å²) in [5.41, 5.74) is 1.05. The first-order chi connectivity index (χ1) is 7.13. The Morgan fingerprint density at radius 2 is 2.13 bits per heavy atom. The second-order valence-corrected chi connectivity index (χ2v) is 4.65. The quantitative estimate of drug-likeness (QED) is 0.747. The summed E-state index contributed by atoms with van der Waals surface area (Å²) in [6.07, 6.45) is 5.60. The van der Waals surface area contributed by atoms with Crippen molar-refractivity contribution in [1.82, 2.24) is 9.55 Å². The van der Waals surface area contributed by atoms with Gasteiger partial charge in [-0.25, -0.2) is 4.98 Å². The Bertz CT molecular complexity index is 334. The van der Waals surface area contributed by atoms with E-state index in [0.717, 1.165) is 12.1 Å². The molecule has 0 radical (unpaired) electrons. The molecule has 84 valence electrons. The number of ether oxygens (including phenoxy) is 1. The second kappa shape index (κ2) is 3.97. The average molecular weight is 208 g/mol. The van der Waals surface area contributed by atoms with E-state index in [9.17, 15) is 0 Å². The van der Waals surface area contributed by atoms with Crippen molar-refractivity contribution >= 4 is 0 Å². The van der Waals surface area contributed by atoms with Crippen LogP contribution < -0.4 is 0 Å². The third kappa shape index (κ3) is 1.81. The summed E-state index contributed by atoms with van der Waals surface area (Å²) < 4.78 is 8.16. The minimum absolute atomic E-state index is 0.172. The Morgan fingerprint density at radius 1 is 1.40 bits per heavy atom. The van der Waals surface area contributed by atoms with Gasteiger partial charge in [0.25, 0.3) is 0 Å². The first kappa shape index (κ1) is 10.7. The molecule has 3 heteroatoms. The van der Waals surface area contributed by atoms with Crippen LogP contribution in [0.5, 0.6) is 0 Å². The lowest BCUT2D eigenvalue weighted by Crippen LogP contribution is -2.15. The first-order valence-corrected chi connectivity index (χ1v) is 5.79. The van der Waals surface area contributed by atoms with Gasteiger partial charge in [-0.3, -0.25) is 0 Å². The van der Waals surface area contributed by atoms with Crippen LogP contribution in [-0.4, -0.2) is 15.7 Å². The summed E-state index contributed by atoms with van der Waals surface area (Å²) >= 11 is 0. The van der Waals surface area contributed by atoms with E-state index < -0.39 is 0 Å². The summed E-state index contributed by atoms with van der Waals surface area (Å²) in [6, 6.07) is 0. The number of rotatable bonds is 2. The van der Waals surface area contributed by atoms with Gasteiger partial charge >= 0.3 is 0 Å². The van der Waals surface area contributed by atoms with Gasteiger partial charge in [-0.05, 0) is 19.3 Å². The van der Waals surface area contributed by atoms with Crippen molar-refractivity contribution in [2.45, 2.75) is 46.4 Å². The highest BCUT2D eigenvalue weighted by Gasteiger charge is 2.38. The molecule has 2 heterocycles. The second-order valence-electron chi connectivity index (χ2n) is 4.65. The van der Waals surface area contributed by atoms with Crippen molar-refractivity contribution in [1.29, 1.82) is 0 Å². The molecule has 0 amide bonds. The molecule has 1 aliphatic heterocycles. The molecule has 0 bridgehead atoms. The van der Waals surface area contributed by atoms with E-state index in [0.29, 0.717) is 17.9 Å². The van der Waals surface area contributed by atoms with Crippen molar-refractivity contribution < 1.29 is 4.74 Å². The topological polar surface area (TPSA) is 27.1 Å². The fourth-order valence-corrected chi connectivity index (χ4v) is 2.41. The van der Waals surface area contributed by atoms with Crippen LogP contribution in [0.25, 0.3) is 0 Å². The number of hydrogen-bond donors (Lipinski definition) is 0. The molecular weight excluding hydrogens is 188 g/mol. The van der Waals surface area contributed by atoms with Gasteiger partial charge in [-0.15, -0.1) is 0 Å². The van der Waals surface area contributed by atoms with Crippen LogP contribution in [0.4, 0.5) is 0 Å². The van der Waals surface area contributed by atoms with Gasteiger partial charge in [-0.2, -0.15) is 0 Å². The molecule has 0 N–H and O–H groups in total. The van der Waals surface area contributed by atoms with Crippen molar-refractivity contribution in [3.05, 3.63) is 18.2 Å². The van der Waals surface area contributed by atoms with Gasteiger partial charge in [0.2, 0.25) is 0 Å². The predicted octanol–water partition coefficient (Wildman–Crippen LogP) is 2.77. The highest BCUT2D eigenvalue weighted by molar-refractivity contribution is 4.96. The number of hydrogen-bond acceptors (Lipinski definition) is 2. The van der Waals surface area contributed by atoms with Gasteiger partial charge in [0, 0.05) is 12.1 Å². The van der Waals surface area contributed by atoms with Crippen LogP contribution in [0.2, 0.25) is 0 Å². The van der Waals surface area contributed by atoms with Gasteiger partial charge in [0.15, 0.2) is 0 Å². The van der Waals surface area contributed by atoms with Crippen LogP contribution in [0.15, 0.2) is 12.5 Å². The molecule has 1 aromatic rings. The van der Waals surface area contributed by atoms with Crippen molar-refractivity contribution in [2.75, 3.05) is 0 Å². The summed E-state index contributed by atoms with van der Waals surface area (Å²) in [7, 11) is 0. The monoisotopic (exact) mass is 208 g/mol. The summed E-state index contributed by atoms with van der Waals surface area (Å²) in [5, 5.41) is 0. The maximum absolute atomic E-state index is 6.06. The lowest BCUT2D eigenvalue weighted by Gasteiger charge is -2.17. The zero-order chi connectivity index (χ0) is 11.0. The minimum Gasteiger partial charge on any atom is -0.354 e. The molecule has 0 saturated carbocycles. The molecule has 1 unspecified atom stereocenters. The van der Waals surface area contributed by atoms with Crippen molar-refractivity contribution in [2.24, 2.45) is 11.8 Å². The lowest BCUT2D eigenvalue weighted by atomic mass is 9.92. The third-order valence-electron chi connectivity index (χ3n) is 3.61. The molecule has 4 atom stereocenters. The smallest absolute Gasteiger partial charge is 0.138 e. The highest BCUT2D eigenvalue weighted by Crippen LogP contribution is 2.39. The number of imidazole rings is 1. The molecule has 0 aromatic carbocycles. The number of aryl methyl sites for hydroxylation is 1. The first-order valence-electron chi connectivity index (χ1n) is 5.79. The number of nitrogens with zero attached hydrogens (tertiary/aromatic N) is 2. The fourth-order valence-electron chi connectivity index (χ4n) is 2.41. The standard InChI is InChI=1S/C12H20N2O/c1-5-11-9(3)10(4)12(15-11)14-6-8(2)13-7-14/h6-7,9-12H,5H2,1-4H3/t9?,10-,11+,12+/m0/s1. The summed E-state index contributed by atoms with van der Waals surface area (Å²) in [4.78, 5) is 4.25. The Balaban J connectivity index is 2.18. The Kier molecular flexibility index (Phi) is 2.83. The van der Waals surface area contributed by atoms with Crippen LogP contribution >= 0.6 is 0 Å². The molecule has 1 aliphatic rings. The molecule has 0 aliphatic carbocycles. The van der Waals surface area contributed by atoms with E-state index in [1.165, 1.54) is 0 Å². The molecule has 1 fully saturated rings. The SMILES string of the molecule is CC[C@H]1O[C@@H](n2cnc(C)c2)[C@@H](C)C1C. The third-order valence-corrected chi connectivity index (χ3v) is 3.61. The zero-order valence-electron chi connectivity index (χ0n) is 9.97. The maximum Gasteiger partial charge on any atom is 0.138 e. The summed E-state index contributed by atoms with van der Waals surface area (Å²) in [6.45, 7) is 8.75. The van der Waals surface area contributed by atoms with Gasteiger partial charge in [-0.1, -0.05) is 20.8 Å². The maximum atomic E-state index is 6.06. The Hall–Kier alpha value is -0.830. The Labute approximate surface area is 91.5 Å². The van der Waals surface area contributed by atoms with Crippen LogP contribution in [-0.2, 0) is 4.74 Å². The average Bonchev–Trinajstić information content (AvgIpc) is 2.74. The molecular formula is C12H20N2O. The zero-order valence-corrected chi connectivity index (χ0v) is 9.97. The van der Waals surface area contributed by atoms with Crippen molar-refractivity contribution in [3.63, 3.8) is 0 Å². The van der Waals surface area contributed by atoms with Crippen LogP contribution in [0.1, 0.15) is 39.1 Å². The van der Waals surface area contributed by atoms with Gasteiger partial charge in [0.1, 0.15) is 6.23 Å². The highest BCUT2D eigenvalue weighted by atomic mass is 16.5. The molecule has 15 heavy (non-hydrogen) atoms. The van der Waals surface area contributed by atoms with Gasteiger partial charge in [0.05, 0.1) is 18.1 Å². The lowest BCUT2D eigenvalue weighted by molar-refractivity contribution is -0.0141. The van der Waals surface area contributed by atoms with E-state index in [2.05, 4.69) is 36.5 Å². The van der Waals surface area contributed by atoms with E-state index >= 15 is 0 Å². The molecule has 2 rings (SSSR count). The van der Waals surface area contributed by atoms with Gasteiger partial charge < -0.3 is 9.30 Å². The fraction of sp³-hybridized carbons (Fsp3) is 0.750. The molecule has 1 saturated heterocycles. The molecule has 1 aromatic heterocycles. The van der Waals surface area contributed by atoms with E-state index in [4.69, 9.17) is 4.74 Å². The predicted molar refractivity (Wildman–Crippen MR) is 59.5 cm³/mol. The van der Waals surface area contributed by atoms with Crippen LogP contribution in [0, 0.1) is 18.8 Å². The molecule has 3 nitrogen and oxygen atoms in total. The van der Waals surface area contributed by atoms with E-state index in [-0.39, 0.29) is 6.23 Å². The Morgan fingerprint density at radius 3 is 2.60 bits per heavy atom. The number of aromatic nitrogens is 2. The van der Waals surface area contributed by atoms with E-state index in [1.54, 1.807) is 0 Å². The normalized spacial score (nSPS) is 36.0. The molecule has 0 spiro atoms. The van der Waals surface area contributed by atoms with Crippen molar-refractivity contribution in [3.8, 4) is 0 Å². The summed E-state index contributed by atoms with van der Waals surface area (Å²) in [5.74, 6) is 1.19. The largest absolute Gasteiger partial charge is 0.354 e. The minimum atomic E-state index is 0.172. The van der Waals surface area contributed by atoms with Crippen LogP contribution in [0.3, 0.4) is 0 Å². The van der Waals surface area contributed by atoms with E-state index in [1.807, 2.05) is 13.3 Å².